The van der Waals surface area contributed by atoms with Crippen LogP contribution in [0.25, 0.3) is 5.69 Å². The molecule has 1 aromatic heterocycles. The number of benzene rings is 2. The Kier molecular flexibility index (Phi) is 8.77. The number of aromatic nitrogens is 2. The number of hydrogen-bond donors (Lipinski definition) is 2. The standard InChI is InChI=1S/C23H25ClF3N5O3S/c1-3-31(4-2)13-12-29-36(34,35)19-7-5-6-17(14-19)30-22(33)20-15-28-32(21(20)23(25,26)27)18-10-8-16(24)9-11-18/h5-11,14-15,29H,3-4,12-13H2,1-2H3,(H,30,33). The second kappa shape index (κ2) is 11.4. The Labute approximate surface area is 212 Å². The van der Waals surface area contributed by atoms with Crippen molar-refractivity contribution < 1.29 is 26.4 Å². The zero-order chi connectivity index (χ0) is 26.5. The summed E-state index contributed by atoms with van der Waals surface area (Å²) in [7, 11) is -3.90. The van der Waals surface area contributed by atoms with E-state index in [0.29, 0.717) is 16.2 Å². The van der Waals surface area contributed by atoms with Crippen LogP contribution in [-0.4, -0.2) is 55.2 Å². The van der Waals surface area contributed by atoms with Crippen LogP contribution < -0.4 is 10.0 Å². The van der Waals surface area contributed by atoms with Crippen molar-refractivity contribution >= 4 is 33.2 Å². The minimum Gasteiger partial charge on any atom is -0.322 e. The van der Waals surface area contributed by atoms with Gasteiger partial charge in [-0.05, 0) is 55.6 Å². The number of hydrogen-bond acceptors (Lipinski definition) is 5. The Bertz CT molecular complexity index is 1310. The maximum atomic E-state index is 13.9. The molecule has 3 rings (SSSR count). The maximum absolute atomic E-state index is 13.9. The summed E-state index contributed by atoms with van der Waals surface area (Å²) in [6.07, 6.45) is -4.09. The molecule has 0 saturated heterocycles. The van der Waals surface area contributed by atoms with E-state index in [1.807, 2.05) is 18.7 Å². The summed E-state index contributed by atoms with van der Waals surface area (Å²) in [5.74, 6) is -1.09. The van der Waals surface area contributed by atoms with Crippen molar-refractivity contribution in [2.24, 2.45) is 0 Å². The highest BCUT2D eigenvalue weighted by Crippen LogP contribution is 2.34. The maximum Gasteiger partial charge on any atom is 0.434 e. The zero-order valence-electron chi connectivity index (χ0n) is 19.5. The summed E-state index contributed by atoms with van der Waals surface area (Å²) in [4.78, 5) is 14.7. The predicted molar refractivity (Wildman–Crippen MR) is 131 cm³/mol. The summed E-state index contributed by atoms with van der Waals surface area (Å²) in [5.41, 5.74) is -1.92. The Hall–Kier alpha value is -2.93. The van der Waals surface area contributed by atoms with E-state index in [0.717, 1.165) is 19.3 Å². The largest absolute Gasteiger partial charge is 0.434 e. The summed E-state index contributed by atoms with van der Waals surface area (Å²) in [6, 6.07) is 10.8. The first kappa shape index (κ1) is 27.7. The summed E-state index contributed by atoms with van der Waals surface area (Å²) < 4.78 is 70.1. The van der Waals surface area contributed by atoms with Gasteiger partial charge in [0.1, 0.15) is 0 Å². The van der Waals surface area contributed by atoms with Crippen LogP contribution in [0.3, 0.4) is 0 Å². The van der Waals surface area contributed by atoms with Crippen molar-refractivity contribution in [3.05, 3.63) is 71.0 Å². The quantitative estimate of drug-likeness (QED) is 0.395. The van der Waals surface area contributed by atoms with Gasteiger partial charge in [-0.25, -0.2) is 17.8 Å². The summed E-state index contributed by atoms with van der Waals surface area (Å²) in [5, 5.41) is 6.41. The molecule has 0 radical (unpaired) electrons. The normalized spacial score (nSPS) is 12.2. The van der Waals surface area contributed by atoms with E-state index in [1.165, 1.54) is 48.5 Å². The molecule has 0 bridgehead atoms. The van der Waals surface area contributed by atoms with Crippen molar-refractivity contribution in [1.82, 2.24) is 19.4 Å². The van der Waals surface area contributed by atoms with Gasteiger partial charge in [0.05, 0.1) is 22.3 Å². The van der Waals surface area contributed by atoms with Gasteiger partial charge in [0.25, 0.3) is 5.91 Å². The highest BCUT2D eigenvalue weighted by atomic mass is 35.5. The first-order chi connectivity index (χ1) is 17.0. The van der Waals surface area contributed by atoms with Crippen LogP contribution >= 0.6 is 11.6 Å². The molecule has 0 aliphatic carbocycles. The van der Waals surface area contributed by atoms with Crippen LogP contribution in [0.4, 0.5) is 18.9 Å². The van der Waals surface area contributed by atoms with Crippen LogP contribution in [0.1, 0.15) is 29.9 Å². The van der Waals surface area contributed by atoms with E-state index in [9.17, 15) is 26.4 Å². The predicted octanol–water partition coefficient (Wildman–Crippen LogP) is 4.42. The van der Waals surface area contributed by atoms with Crippen LogP contribution in [0.15, 0.2) is 59.6 Å². The van der Waals surface area contributed by atoms with Crippen molar-refractivity contribution in [2.45, 2.75) is 24.9 Å². The molecular formula is C23H25ClF3N5O3S. The second-order valence-electron chi connectivity index (χ2n) is 7.70. The lowest BCUT2D eigenvalue weighted by Crippen LogP contribution is -2.34. The number of nitrogens with zero attached hydrogens (tertiary/aromatic N) is 3. The molecular weight excluding hydrogens is 519 g/mol. The molecule has 0 atom stereocenters. The number of likely N-dealkylation sites (N-methyl/N-ethyl adjacent to an activating group) is 1. The summed E-state index contributed by atoms with van der Waals surface area (Å²) >= 11 is 5.81. The van der Waals surface area contributed by atoms with Gasteiger partial charge in [-0.1, -0.05) is 31.5 Å². The summed E-state index contributed by atoms with van der Waals surface area (Å²) in [6.45, 7) is 6.17. The molecule has 0 saturated carbocycles. The van der Waals surface area contributed by atoms with E-state index in [-0.39, 0.29) is 22.8 Å². The van der Waals surface area contributed by atoms with Gasteiger partial charge >= 0.3 is 6.18 Å². The van der Waals surface area contributed by atoms with Crippen molar-refractivity contribution in [1.29, 1.82) is 0 Å². The van der Waals surface area contributed by atoms with E-state index < -0.39 is 33.4 Å². The molecule has 1 amide bonds. The number of carbonyl (C=O) groups is 1. The Morgan fingerprint density at radius 3 is 2.39 bits per heavy atom. The average Bonchev–Trinajstić information content (AvgIpc) is 3.29. The van der Waals surface area contributed by atoms with Crippen LogP contribution in [0.2, 0.25) is 5.02 Å². The molecule has 0 aliphatic heterocycles. The highest BCUT2D eigenvalue weighted by Gasteiger charge is 2.40. The van der Waals surface area contributed by atoms with E-state index in [2.05, 4.69) is 15.1 Å². The molecule has 13 heteroatoms. The number of sulfonamides is 1. The van der Waals surface area contributed by atoms with E-state index in [1.54, 1.807) is 0 Å². The third kappa shape index (κ3) is 6.64. The number of amides is 1. The van der Waals surface area contributed by atoms with Gasteiger partial charge in [-0.15, -0.1) is 0 Å². The first-order valence-corrected chi connectivity index (χ1v) is 12.9. The molecule has 194 valence electrons. The molecule has 2 aromatic carbocycles. The first-order valence-electron chi connectivity index (χ1n) is 11.0. The Balaban J connectivity index is 1.83. The third-order valence-electron chi connectivity index (χ3n) is 5.37. The number of carbonyl (C=O) groups excluding carboxylic acids is 1. The molecule has 8 nitrogen and oxygen atoms in total. The minimum atomic E-state index is -4.90. The Morgan fingerprint density at radius 2 is 1.78 bits per heavy atom. The molecule has 2 N–H and O–H groups in total. The van der Waals surface area contributed by atoms with Gasteiger partial charge in [-0.3, -0.25) is 4.79 Å². The topological polar surface area (TPSA) is 96.3 Å². The molecule has 3 aromatic rings. The van der Waals surface area contributed by atoms with Crippen LogP contribution in [0, 0.1) is 0 Å². The number of alkyl halides is 3. The Morgan fingerprint density at radius 1 is 1.11 bits per heavy atom. The van der Waals surface area contributed by atoms with Gasteiger partial charge in [0.2, 0.25) is 10.0 Å². The van der Waals surface area contributed by atoms with Gasteiger partial charge < -0.3 is 10.2 Å². The molecule has 0 unspecified atom stereocenters. The van der Waals surface area contributed by atoms with E-state index >= 15 is 0 Å². The molecule has 36 heavy (non-hydrogen) atoms. The highest BCUT2D eigenvalue weighted by molar-refractivity contribution is 7.89. The van der Waals surface area contributed by atoms with Gasteiger partial charge in [-0.2, -0.15) is 18.3 Å². The van der Waals surface area contributed by atoms with Crippen LogP contribution in [0.5, 0.6) is 0 Å². The number of rotatable bonds is 10. The van der Waals surface area contributed by atoms with Crippen molar-refractivity contribution in [2.75, 3.05) is 31.5 Å². The fourth-order valence-electron chi connectivity index (χ4n) is 3.47. The SMILES string of the molecule is CCN(CC)CCNS(=O)(=O)c1cccc(NC(=O)c2cnn(-c3ccc(Cl)cc3)c2C(F)(F)F)c1. The second-order valence-corrected chi connectivity index (χ2v) is 9.90. The molecule has 0 aliphatic rings. The number of anilines is 1. The lowest BCUT2D eigenvalue weighted by molar-refractivity contribution is -0.143. The lowest BCUT2D eigenvalue weighted by Gasteiger charge is -2.18. The fraction of sp³-hybridized carbons (Fsp3) is 0.304. The smallest absolute Gasteiger partial charge is 0.322 e. The minimum absolute atomic E-state index is 0.0129. The van der Waals surface area contributed by atoms with Gasteiger partial charge in [0.15, 0.2) is 5.69 Å². The molecule has 0 spiro atoms. The monoisotopic (exact) mass is 543 g/mol. The molecule has 0 fully saturated rings. The lowest BCUT2D eigenvalue weighted by atomic mass is 10.2. The van der Waals surface area contributed by atoms with Crippen molar-refractivity contribution in [3.8, 4) is 5.69 Å². The van der Waals surface area contributed by atoms with Gasteiger partial charge in [0, 0.05) is 23.8 Å². The van der Waals surface area contributed by atoms with E-state index in [4.69, 9.17) is 11.6 Å². The third-order valence-corrected chi connectivity index (χ3v) is 7.08. The zero-order valence-corrected chi connectivity index (χ0v) is 21.1. The average molecular weight is 544 g/mol. The number of halogens is 4. The fourth-order valence-corrected chi connectivity index (χ4v) is 4.66. The molecule has 1 heterocycles. The van der Waals surface area contributed by atoms with Crippen LogP contribution in [-0.2, 0) is 16.2 Å². The van der Waals surface area contributed by atoms with Crippen molar-refractivity contribution in [3.63, 3.8) is 0 Å². The number of nitrogens with one attached hydrogen (secondary N) is 2.